The first kappa shape index (κ1) is 26.5. The fourth-order valence-corrected chi connectivity index (χ4v) is 5.58. The van der Waals surface area contributed by atoms with Gasteiger partial charge >= 0.3 is 0 Å². The van der Waals surface area contributed by atoms with Gasteiger partial charge in [0.1, 0.15) is 15.7 Å². The molecule has 198 valence electrons. The summed E-state index contributed by atoms with van der Waals surface area (Å²) >= 11 is 7.32. The van der Waals surface area contributed by atoms with E-state index < -0.39 is 0 Å². The zero-order chi connectivity index (χ0) is 26.5. The Morgan fingerprint density at radius 1 is 1.13 bits per heavy atom. The molecule has 38 heavy (non-hydrogen) atoms. The lowest BCUT2D eigenvalue weighted by atomic mass is 10.1. The standard InChI is InChI=1S/C28H30ClN5O3S/c1-18-16-25(30-9-10-34-11-14-37-15-12-34)32-23-7-6-21(17-22(18)23)31-27(36)26-24(8-13-35)33-28(38-26)19-2-4-20(29)5-3-19/h2-7,16-17,35H,8-15H2,1H3,(H,30,32)(H,31,36). The average molecular weight is 552 g/mol. The highest BCUT2D eigenvalue weighted by Gasteiger charge is 2.19. The number of aromatic nitrogens is 2. The number of aliphatic hydroxyl groups excluding tert-OH is 1. The number of thiazole rings is 1. The summed E-state index contributed by atoms with van der Waals surface area (Å²) in [5.41, 5.74) is 4.06. The molecule has 1 saturated heterocycles. The number of pyridine rings is 1. The van der Waals surface area contributed by atoms with Crippen molar-refractivity contribution in [3.05, 3.63) is 69.7 Å². The second-order valence-corrected chi connectivity index (χ2v) is 10.6. The molecule has 10 heteroatoms. The van der Waals surface area contributed by atoms with Crippen molar-refractivity contribution < 1.29 is 14.6 Å². The third-order valence-corrected chi connectivity index (χ3v) is 7.85. The van der Waals surface area contributed by atoms with Gasteiger partial charge < -0.3 is 20.5 Å². The molecular formula is C28H30ClN5O3S. The molecule has 0 bridgehead atoms. The molecule has 3 N–H and O–H groups in total. The minimum atomic E-state index is -0.252. The summed E-state index contributed by atoms with van der Waals surface area (Å²) in [5, 5.41) is 18.3. The van der Waals surface area contributed by atoms with Crippen molar-refractivity contribution in [2.45, 2.75) is 13.3 Å². The molecule has 2 aromatic heterocycles. The number of halogens is 1. The van der Waals surface area contributed by atoms with Gasteiger partial charge in [0, 0.05) is 60.9 Å². The Morgan fingerprint density at radius 2 is 1.92 bits per heavy atom. The fourth-order valence-electron chi connectivity index (χ4n) is 4.44. The van der Waals surface area contributed by atoms with Crippen molar-refractivity contribution in [1.82, 2.24) is 14.9 Å². The van der Waals surface area contributed by atoms with E-state index >= 15 is 0 Å². The highest BCUT2D eigenvalue weighted by molar-refractivity contribution is 7.17. The Labute approximate surface area is 230 Å². The van der Waals surface area contributed by atoms with Crippen LogP contribution < -0.4 is 10.6 Å². The largest absolute Gasteiger partial charge is 0.396 e. The van der Waals surface area contributed by atoms with Gasteiger partial charge in [0.25, 0.3) is 5.91 Å². The molecule has 0 atom stereocenters. The third kappa shape index (κ3) is 6.31. The lowest BCUT2D eigenvalue weighted by molar-refractivity contribution is 0.0398. The van der Waals surface area contributed by atoms with Crippen LogP contribution in [0.4, 0.5) is 11.5 Å². The topological polar surface area (TPSA) is 99.6 Å². The van der Waals surface area contributed by atoms with Crippen molar-refractivity contribution >= 4 is 51.3 Å². The van der Waals surface area contributed by atoms with Crippen molar-refractivity contribution in [3.63, 3.8) is 0 Å². The van der Waals surface area contributed by atoms with E-state index in [0.717, 1.165) is 67.2 Å². The number of nitrogens with one attached hydrogen (secondary N) is 2. The lowest BCUT2D eigenvalue weighted by Crippen LogP contribution is -2.39. The number of anilines is 2. The predicted molar refractivity (Wildman–Crippen MR) is 154 cm³/mol. The van der Waals surface area contributed by atoms with Gasteiger partial charge in [-0.25, -0.2) is 9.97 Å². The first-order valence-electron chi connectivity index (χ1n) is 12.6. The van der Waals surface area contributed by atoms with Gasteiger partial charge in [0.2, 0.25) is 0 Å². The minimum absolute atomic E-state index is 0.0896. The number of aliphatic hydroxyl groups is 1. The van der Waals surface area contributed by atoms with Crippen molar-refractivity contribution in [3.8, 4) is 10.6 Å². The highest BCUT2D eigenvalue weighted by Crippen LogP contribution is 2.31. The van der Waals surface area contributed by atoms with Crippen LogP contribution in [0.5, 0.6) is 0 Å². The zero-order valence-corrected chi connectivity index (χ0v) is 22.7. The van der Waals surface area contributed by atoms with E-state index in [0.29, 0.717) is 32.7 Å². The summed E-state index contributed by atoms with van der Waals surface area (Å²) in [6.45, 7) is 7.23. The highest BCUT2D eigenvalue weighted by atomic mass is 35.5. The molecule has 1 amide bonds. The summed E-state index contributed by atoms with van der Waals surface area (Å²) in [5.74, 6) is 0.589. The summed E-state index contributed by atoms with van der Waals surface area (Å²) < 4.78 is 5.41. The van der Waals surface area contributed by atoms with Crippen LogP contribution in [0.15, 0.2) is 48.5 Å². The molecule has 1 fully saturated rings. The van der Waals surface area contributed by atoms with Gasteiger partial charge in [-0.2, -0.15) is 0 Å². The van der Waals surface area contributed by atoms with Gasteiger partial charge in [-0.3, -0.25) is 9.69 Å². The number of carbonyl (C=O) groups excluding carboxylic acids is 1. The molecule has 1 aliphatic rings. The number of ether oxygens (including phenoxy) is 1. The van der Waals surface area contributed by atoms with E-state index in [1.165, 1.54) is 11.3 Å². The smallest absolute Gasteiger partial charge is 0.267 e. The van der Waals surface area contributed by atoms with Crippen LogP contribution in [0, 0.1) is 6.92 Å². The monoisotopic (exact) mass is 551 g/mol. The van der Waals surface area contributed by atoms with Crippen LogP contribution in [0.2, 0.25) is 5.02 Å². The van der Waals surface area contributed by atoms with E-state index in [2.05, 4.69) is 20.5 Å². The van der Waals surface area contributed by atoms with E-state index in [1.807, 2.05) is 43.3 Å². The summed E-state index contributed by atoms with van der Waals surface area (Å²) in [6, 6.07) is 15.1. The average Bonchev–Trinajstić information content (AvgIpc) is 3.34. The molecule has 0 saturated carbocycles. The molecule has 4 aromatic rings. The maximum absolute atomic E-state index is 13.3. The van der Waals surface area contributed by atoms with Crippen molar-refractivity contribution in [1.29, 1.82) is 0 Å². The van der Waals surface area contributed by atoms with Crippen molar-refractivity contribution in [2.24, 2.45) is 0 Å². The van der Waals surface area contributed by atoms with E-state index in [-0.39, 0.29) is 12.5 Å². The number of benzene rings is 2. The number of fused-ring (bicyclic) bond motifs is 1. The number of rotatable bonds is 9. The number of aryl methyl sites for hydroxylation is 1. The Balaban J connectivity index is 1.30. The van der Waals surface area contributed by atoms with Crippen LogP contribution in [0.1, 0.15) is 20.9 Å². The minimum Gasteiger partial charge on any atom is -0.396 e. The van der Waals surface area contributed by atoms with Gasteiger partial charge in [0.15, 0.2) is 0 Å². The quantitative estimate of drug-likeness (QED) is 0.273. The summed E-state index contributed by atoms with van der Waals surface area (Å²) in [7, 11) is 0. The summed E-state index contributed by atoms with van der Waals surface area (Å²) in [4.78, 5) is 25.5. The maximum Gasteiger partial charge on any atom is 0.267 e. The molecule has 0 unspecified atom stereocenters. The van der Waals surface area contributed by atoms with Crippen LogP contribution in [-0.4, -0.2) is 71.9 Å². The van der Waals surface area contributed by atoms with Gasteiger partial charge in [-0.1, -0.05) is 23.7 Å². The molecular weight excluding hydrogens is 522 g/mol. The van der Waals surface area contributed by atoms with Gasteiger partial charge in [-0.15, -0.1) is 11.3 Å². The normalized spacial score (nSPS) is 14.1. The number of hydrogen-bond donors (Lipinski definition) is 3. The third-order valence-electron chi connectivity index (χ3n) is 6.45. The van der Waals surface area contributed by atoms with E-state index in [4.69, 9.17) is 21.3 Å². The molecule has 8 nitrogen and oxygen atoms in total. The van der Waals surface area contributed by atoms with Crippen LogP contribution in [-0.2, 0) is 11.2 Å². The van der Waals surface area contributed by atoms with Gasteiger partial charge in [-0.05, 0) is 48.9 Å². The molecule has 1 aliphatic heterocycles. The number of amides is 1. The Bertz CT molecular complexity index is 1420. The van der Waals surface area contributed by atoms with Crippen molar-refractivity contribution in [2.75, 3.05) is 56.6 Å². The summed E-state index contributed by atoms with van der Waals surface area (Å²) in [6.07, 6.45) is 0.301. The van der Waals surface area contributed by atoms with Crippen LogP contribution >= 0.6 is 22.9 Å². The molecule has 0 spiro atoms. The van der Waals surface area contributed by atoms with E-state index in [9.17, 15) is 9.90 Å². The number of hydrogen-bond acceptors (Lipinski definition) is 8. The molecule has 0 aliphatic carbocycles. The Hall–Kier alpha value is -3.08. The Kier molecular flexibility index (Phi) is 8.51. The van der Waals surface area contributed by atoms with E-state index in [1.54, 1.807) is 12.1 Å². The first-order chi connectivity index (χ1) is 18.5. The van der Waals surface area contributed by atoms with Crippen LogP contribution in [0.25, 0.3) is 21.5 Å². The SMILES string of the molecule is Cc1cc(NCCN2CCOCC2)nc2ccc(NC(=O)c3sc(-c4ccc(Cl)cc4)nc3CCO)cc12. The Morgan fingerprint density at radius 3 is 2.68 bits per heavy atom. The lowest BCUT2D eigenvalue weighted by Gasteiger charge is -2.26. The van der Waals surface area contributed by atoms with Gasteiger partial charge in [0.05, 0.1) is 24.4 Å². The second-order valence-electron chi connectivity index (χ2n) is 9.17. The molecule has 0 radical (unpaired) electrons. The molecule has 2 aromatic carbocycles. The first-order valence-corrected chi connectivity index (χ1v) is 13.8. The number of carbonyl (C=O) groups is 1. The predicted octanol–water partition coefficient (Wildman–Crippen LogP) is 4.85. The molecule has 5 rings (SSSR count). The zero-order valence-electron chi connectivity index (χ0n) is 21.2. The molecule has 3 heterocycles. The maximum atomic E-state index is 13.3. The second kappa shape index (κ2) is 12.2. The fraction of sp³-hybridized carbons (Fsp3) is 0.321. The number of morpholine rings is 1. The van der Waals surface area contributed by atoms with Crippen LogP contribution in [0.3, 0.4) is 0 Å². The number of nitrogens with zero attached hydrogens (tertiary/aromatic N) is 3.